The molecule has 1 N–H and O–H groups in total. The molecule has 0 spiro atoms. The number of benzene rings is 2. The van der Waals surface area contributed by atoms with Crippen LogP contribution >= 0.6 is 0 Å². The Labute approximate surface area is 129 Å². The molecule has 1 aliphatic heterocycles. The van der Waals surface area contributed by atoms with Crippen molar-refractivity contribution in [2.24, 2.45) is 4.99 Å². The third-order valence-corrected chi connectivity index (χ3v) is 3.54. The van der Waals surface area contributed by atoms with Crippen molar-refractivity contribution in [3.8, 4) is 11.1 Å². The average Bonchev–Trinajstić information content (AvgIpc) is 3.09. The van der Waals surface area contributed by atoms with Crippen LogP contribution in [0.2, 0.25) is 0 Å². The van der Waals surface area contributed by atoms with Gasteiger partial charge >= 0.3 is 5.97 Å². The average molecular weight is 294 g/mol. The summed E-state index contributed by atoms with van der Waals surface area (Å²) in [5.41, 5.74) is 2.79. The number of nitrogens with zero attached hydrogens (tertiary/aromatic N) is 1. The van der Waals surface area contributed by atoms with Crippen molar-refractivity contribution in [3.63, 3.8) is 0 Å². The van der Waals surface area contributed by atoms with E-state index >= 15 is 0 Å². The van der Waals surface area contributed by atoms with Crippen molar-refractivity contribution < 1.29 is 9.53 Å². The van der Waals surface area contributed by atoms with Gasteiger partial charge in [0.1, 0.15) is 0 Å². The second-order valence-electron chi connectivity index (χ2n) is 5.08. The van der Waals surface area contributed by atoms with Crippen LogP contribution in [0.4, 0.5) is 0 Å². The summed E-state index contributed by atoms with van der Waals surface area (Å²) in [5, 5.41) is 3.15. The molecule has 0 radical (unpaired) electrons. The Morgan fingerprint density at radius 2 is 1.77 bits per heavy atom. The molecule has 0 unspecified atom stereocenters. The summed E-state index contributed by atoms with van der Waals surface area (Å²) >= 11 is 0. The number of rotatable bonds is 5. The van der Waals surface area contributed by atoms with Gasteiger partial charge in [0.2, 0.25) is 0 Å². The second-order valence-corrected chi connectivity index (χ2v) is 5.08. The van der Waals surface area contributed by atoms with Gasteiger partial charge in [-0.3, -0.25) is 4.99 Å². The molecule has 3 rings (SSSR count). The van der Waals surface area contributed by atoms with Crippen molar-refractivity contribution in [1.82, 2.24) is 5.32 Å². The Morgan fingerprint density at radius 3 is 2.45 bits per heavy atom. The van der Waals surface area contributed by atoms with Gasteiger partial charge in [0.05, 0.1) is 24.6 Å². The van der Waals surface area contributed by atoms with Crippen molar-refractivity contribution in [1.29, 1.82) is 0 Å². The maximum Gasteiger partial charge on any atom is 0.338 e. The van der Waals surface area contributed by atoms with E-state index in [4.69, 9.17) is 4.74 Å². The monoisotopic (exact) mass is 294 g/mol. The van der Waals surface area contributed by atoms with Crippen LogP contribution in [-0.2, 0) is 4.74 Å². The van der Waals surface area contributed by atoms with Crippen molar-refractivity contribution in [2.45, 2.75) is 6.42 Å². The van der Waals surface area contributed by atoms with Gasteiger partial charge in [-0.05, 0) is 23.3 Å². The van der Waals surface area contributed by atoms with E-state index in [1.165, 1.54) is 0 Å². The van der Waals surface area contributed by atoms with Crippen LogP contribution in [-0.4, -0.2) is 31.5 Å². The fraction of sp³-hybridized carbons (Fsp3) is 0.222. The number of amidine groups is 1. The van der Waals surface area contributed by atoms with Gasteiger partial charge in [-0.1, -0.05) is 42.5 Å². The molecule has 1 heterocycles. The van der Waals surface area contributed by atoms with Gasteiger partial charge in [-0.2, -0.15) is 0 Å². The van der Waals surface area contributed by atoms with Crippen LogP contribution in [0.5, 0.6) is 0 Å². The van der Waals surface area contributed by atoms with Gasteiger partial charge < -0.3 is 10.1 Å². The number of ether oxygens (including phenoxy) is 1. The fourth-order valence-corrected chi connectivity index (χ4v) is 2.37. The molecule has 0 amide bonds. The highest BCUT2D eigenvalue weighted by molar-refractivity contribution is 5.90. The lowest BCUT2D eigenvalue weighted by atomic mass is 10.0. The number of aliphatic imine (C=N–C) groups is 1. The molecule has 4 heteroatoms. The third kappa shape index (κ3) is 3.52. The van der Waals surface area contributed by atoms with Gasteiger partial charge in [0.25, 0.3) is 0 Å². The Bertz CT molecular complexity index is 663. The molecule has 0 aliphatic carbocycles. The zero-order valence-corrected chi connectivity index (χ0v) is 12.3. The van der Waals surface area contributed by atoms with Crippen molar-refractivity contribution in [3.05, 3.63) is 60.2 Å². The molecular formula is C18H18N2O2. The number of carbonyl (C=O) groups is 1. The molecule has 0 saturated carbocycles. The Balaban J connectivity index is 1.56. The molecule has 0 fully saturated rings. The highest BCUT2D eigenvalue weighted by Crippen LogP contribution is 2.19. The lowest BCUT2D eigenvalue weighted by Crippen LogP contribution is -2.20. The van der Waals surface area contributed by atoms with Crippen LogP contribution < -0.4 is 5.32 Å². The summed E-state index contributed by atoms with van der Waals surface area (Å²) in [4.78, 5) is 16.2. The first-order valence-electron chi connectivity index (χ1n) is 7.43. The number of esters is 1. The van der Waals surface area contributed by atoms with E-state index < -0.39 is 0 Å². The first-order chi connectivity index (χ1) is 10.8. The predicted octanol–water partition coefficient (Wildman–Crippen LogP) is 2.90. The highest BCUT2D eigenvalue weighted by atomic mass is 16.5. The Kier molecular flexibility index (Phi) is 4.49. The van der Waals surface area contributed by atoms with E-state index in [0.717, 1.165) is 30.1 Å². The summed E-state index contributed by atoms with van der Waals surface area (Å²) in [6, 6.07) is 17.5. The van der Waals surface area contributed by atoms with E-state index in [2.05, 4.69) is 10.3 Å². The number of carbonyl (C=O) groups excluding carboxylic acids is 1. The summed E-state index contributed by atoms with van der Waals surface area (Å²) < 4.78 is 5.28. The van der Waals surface area contributed by atoms with Crippen LogP contribution in [0.1, 0.15) is 16.8 Å². The van der Waals surface area contributed by atoms with Crippen LogP contribution in [0.15, 0.2) is 59.6 Å². The minimum Gasteiger partial charge on any atom is -0.462 e. The van der Waals surface area contributed by atoms with E-state index in [0.29, 0.717) is 18.6 Å². The first-order valence-corrected chi connectivity index (χ1v) is 7.43. The standard InChI is InChI=1S/C18H18N2O2/c21-18(22-13-10-17-19-11-12-20-17)16-8-6-15(7-9-16)14-4-2-1-3-5-14/h1-9H,10-13H2,(H,19,20). The molecule has 0 aromatic heterocycles. The molecule has 0 atom stereocenters. The Hall–Kier alpha value is -2.62. The molecule has 2 aromatic carbocycles. The van der Waals surface area contributed by atoms with Gasteiger partial charge in [-0.25, -0.2) is 4.79 Å². The van der Waals surface area contributed by atoms with Crippen LogP contribution in [0.3, 0.4) is 0 Å². The number of nitrogens with one attached hydrogen (secondary N) is 1. The van der Waals surface area contributed by atoms with Gasteiger partial charge in [0, 0.05) is 13.0 Å². The number of hydrogen-bond donors (Lipinski definition) is 1. The second kappa shape index (κ2) is 6.89. The van der Waals surface area contributed by atoms with E-state index in [9.17, 15) is 4.79 Å². The molecule has 112 valence electrons. The molecule has 1 aliphatic rings. The van der Waals surface area contributed by atoms with Crippen LogP contribution in [0.25, 0.3) is 11.1 Å². The zero-order chi connectivity index (χ0) is 15.2. The highest BCUT2D eigenvalue weighted by Gasteiger charge is 2.09. The topological polar surface area (TPSA) is 50.7 Å². The van der Waals surface area contributed by atoms with E-state index in [-0.39, 0.29) is 5.97 Å². The predicted molar refractivity (Wildman–Crippen MR) is 87.1 cm³/mol. The Morgan fingerprint density at radius 1 is 1.05 bits per heavy atom. The maximum atomic E-state index is 12.0. The normalized spacial score (nSPS) is 13.4. The minimum absolute atomic E-state index is 0.293. The lowest BCUT2D eigenvalue weighted by Gasteiger charge is -2.06. The van der Waals surface area contributed by atoms with Crippen molar-refractivity contribution in [2.75, 3.05) is 19.7 Å². The summed E-state index contributed by atoms with van der Waals surface area (Å²) in [7, 11) is 0. The molecule has 22 heavy (non-hydrogen) atoms. The van der Waals surface area contributed by atoms with Gasteiger partial charge in [0.15, 0.2) is 0 Å². The molecule has 0 saturated heterocycles. The smallest absolute Gasteiger partial charge is 0.338 e. The van der Waals surface area contributed by atoms with Crippen LogP contribution in [0, 0.1) is 0 Å². The van der Waals surface area contributed by atoms with Gasteiger partial charge in [-0.15, -0.1) is 0 Å². The van der Waals surface area contributed by atoms with E-state index in [1.54, 1.807) is 12.1 Å². The first kappa shape index (κ1) is 14.3. The largest absolute Gasteiger partial charge is 0.462 e. The molecule has 2 aromatic rings. The SMILES string of the molecule is O=C(OCCC1=NCCN1)c1ccc(-c2ccccc2)cc1. The zero-order valence-electron chi connectivity index (χ0n) is 12.3. The fourth-order valence-electron chi connectivity index (χ4n) is 2.37. The summed E-state index contributed by atoms with van der Waals surface area (Å²) in [5.74, 6) is 0.630. The molecule has 0 bridgehead atoms. The molecular weight excluding hydrogens is 276 g/mol. The number of hydrogen-bond acceptors (Lipinski definition) is 4. The van der Waals surface area contributed by atoms with Crippen molar-refractivity contribution >= 4 is 11.8 Å². The molecule has 4 nitrogen and oxygen atoms in total. The quantitative estimate of drug-likeness (QED) is 0.863. The minimum atomic E-state index is -0.293. The lowest BCUT2D eigenvalue weighted by molar-refractivity contribution is 0.0515. The third-order valence-electron chi connectivity index (χ3n) is 3.54. The summed E-state index contributed by atoms with van der Waals surface area (Å²) in [6.07, 6.45) is 0.647. The summed E-state index contributed by atoms with van der Waals surface area (Å²) in [6.45, 7) is 2.04. The maximum absolute atomic E-state index is 12.0. The van der Waals surface area contributed by atoms with E-state index in [1.807, 2.05) is 42.5 Å².